The average molecular weight is 352 g/mol. The van der Waals surface area contributed by atoms with E-state index in [4.69, 9.17) is 4.74 Å². The van der Waals surface area contributed by atoms with Crippen LogP contribution in [-0.2, 0) is 6.54 Å². The zero-order chi connectivity index (χ0) is 14.4. The first kappa shape index (κ1) is 15.3. The Balaban J connectivity index is 2.12. The molecule has 0 atom stereocenters. The molecule has 2 rings (SSSR count). The van der Waals surface area contributed by atoms with Crippen molar-refractivity contribution in [2.45, 2.75) is 18.4 Å². The lowest BCUT2D eigenvalue weighted by molar-refractivity contribution is 0.414. The van der Waals surface area contributed by atoms with Crippen LogP contribution >= 0.6 is 27.7 Å². The molecule has 0 heterocycles. The molecule has 0 fully saturated rings. The third-order valence-corrected chi connectivity index (χ3v) is 4.64. The highest BCUT2D eigenvalue weighted by molar-refractivity contribution is 9.10. The lowest BCUT2D eigenvalue weighted by atomic mass is 10.2. The van der Waals surface area contributed by atoms with E-state index < -0.39 is 0 Å². The Hall–Kier alpha value is -1.13. The van der Waals surface area contributed by atoms with Gasteiger partial charge in [0.2, 0.25) is 0 Å². The molecule has 2 nitrogen and oxygen atoms in total. The molecule has 4 heteroatoms. The number of nitrogens with one attached hydrogen (secondary N) is 1. The summed E-state index contributed by atoms with van der Waals surface area (Å²) in [6, 6.07) is 14.4. The van der Waals surface area contributed by atoms with Crippen molar-refractivity contribution in [1.29, 1.82) is 0 Å². The third kappa shape index (κ3) is 3.93. The van der Waals surface area contributed by atoms with Gasteiger partial charge < -0.3 is 10.1 Å². The fraction of sp³-hybridized carbons (Fsp3) is 0.250. The number of thioether (sulfide) groups is 1. The minimum Gasteiger partial charge on any atom is -0.497 e. The maximum Gasteiger partial charge on any atom is 0.119 e. The van der Waals surface area contributed by atoms with Crippen LogP contribution < -0.4 is 10.1 Å². The zero-order valence-corrected chi connectivity index (χ0v) is 14.1. The van der Waals surface area contributed by atoms with Gasteiger partial charge in [-0.3, -0.25) is 0 Å². The normalized spacial score (nSPS) is 10.3. The summed E-state index contributed by atoms with van der Waals surface area (Å²) in [6.45, 7) is 2.93. The van der Waals surface area contributed by atoms with Gasteiger partial charge in [-0.15, -0.1) is 11.8 Å². The van der Waals surface area contributed by atoms with E-state index in [9.17, 15) is 0 Å². The first-order chi connectivity index (χ1) is 9.74. The molecule has 0 saturated carbocycles. The Morgan fingerprint density at radius 3 is 2.75 bits per heavy atom. The molecule has 0 amide bonds. The van der Waals surface area contributed by atoms with Gasteiger partial charge in [0.1, 0.15) is 5.75 Å². The number of halogens is 1. The van der Waals surface area contributed by atoms with Crippen LogP contribution in [0.15, 0.2) is 51.8 Å². The minimum absolute atomic E-state index is 0.763. The Morgan fingerprint density at radius 2 is 2.00 bits per heavy atom. The molecule has 1 N–H and O–H groups in total. The highest BCUT2D eigenvalue weighted by atomic mass is 79.9. The molecule has 106 valence electrons. The molecule has 0 aromatic heterocycles. The Kier molecular flexibility index (Phi) is 5.80. The lowest BCUT2D eigenvalue weighted by Crippen LogP contribution is -2.01. The van der Waals surface area contributed by atoms with E-state index in [1.165, 1.54) is 16.1 Å². The predicted octanol–water partition coefficient (Wildman–Crippen LogP) is 5.18. The molecular formula is C16H18BrNOS. The third-order valence-electron chi connectivity index (χ3n) is 2.91. The van der Waals surface area contributed by atoms with Crippen molar-refractivity contribution in [2.24, 2.45) is 0 Å². The van der Waals surface area contributed by atoms with Gasteiger partial charge in [-0.05, 0) is 41.6 Å². The van der Waals surface area contributed by atoms with Gasteiger partial charge in [-0.1, -0.05) is 35.0 Å². The predicted molar refractivity (Wildman–Crippen MR) is 90.9 cm³/mol. The Bertz CT molecular complexity index is 574. The lowest BCUT2D eigenvalue weighted by Gasteiger charge is -2.13. The molecular weight excluding hydrogens is 334 g/mol. The highest BCUT2D eigenvalue weighted by Gasteiger charge is 2.05. The fourth-order valence-corrected chi connectivity index (χ4v) is 3.07. The van der Waals surface area contributed by atoms with Crippen LogP contribution in [0, 0.1) is 0 Å². The van der Waals surface area contributed by atoms with Crippen LogP contribution in [0.5, 0.6) is 5.75 Å². The number of benzene rings is 2. The zero-order valence-electron chi connectivity index (χ0n) is 11.7. The van der Waals surface area contributed by atoms with Gasteiger partial charge in [0.25, 0.3) is 0 Å². The SMILES string of the molecule is CCSc1ccccc1NCc1cc(OC)ccc1Br. The summed E-state index contributed by atoms with van der Waals surface area (Å²) in [7, 11) is 1.69. The molecule has 20 heavy (non-hydrogen) atoms. The second kappa shape index (κ2) is 7.60. The van der Waals surface area contributed by atoms with Crippen molar-refractivity contribution < 1.29 is 4.74 Å². The summed E-state index contributed by atoms with van der Waals surface area (Å²) in [5.74, 6) is 1.95. The van der Waals surface area contributed by atoms with Crippen molar-refractivity contribution >= 4 is 33.4 Å². The summed E-state index contributed by atoms with van der Waals surface area (Å²) in [5, 5.41) is 3.50. The van der Waals surface area contributed by atoms with Gasteiger partial charge in [-0.2, -0.15) is 0 Å². The van der Waals surface area contributed by atoms with E-state index in [0.717, 1.165) is 22.5 Å². The monoisotopic (exact) mass is 351 g/mol. The molecule has 0 saturated heterocycles. The first-order valence-electron chi connectivity index (χ1n) is 6.52. The van der Waals surface area contributed by atoms with Crippen LogP contribution in [0.3, 0.4) is 0 Å². The summed E-state index contributed by atoms with van der Waals surface area (Å²) in [6.07, 6.45) is 0. The van der Waals surface area contributed by atoms with E-state index in [-0.39, 0.29) is 0 Å². The molecule has 2 aromatic rings. The van der Waals surface area contributed by atoms with E-state index in [0.29, 0.717) is 0 Å². The number of ether oxygens (including phenoxy) is 1. The molecule has 2 aromatic carbocycles. The minimum atomic E-state index is 0.763. The van der Waals surface area contributed by atoms with Gasteiger partial charge in [0.15, 0.2) is 0 Å². The Morgan fingerprint density at radius 1 is 1.20 bits per heavy atom. The number of methoxy groups -OCH3 is 1. The average Bonchev–Trinajstić information content (AvgIpc) is 2.48. The number of rotatable bonds is 6. The molecule has 0 aliphatic heterocycles. The second-order valence-electron chi connectivity index (χ2n) is 4.24. The topological polar surface area (TPSA) is 21.3 Å². The molecule has 0 aliphatic rings. The van der Waals surface area contributed by atoms with Gasteiger partial charge >= 0.3 is 0 Å². The summed E-state index contributed by atoms with van der Waals surface area (Å²) in [5.41, 5.74) is 2.36. The van der Waals surface area contributed by atoms with Gasteiger partial charge in [0, 0.05) is 21.6 Å². The van der Waals surface area contributed by atoms with E-state index in [2.05, 4.69) is 52.4 Å². The standard InChI is InChI=1S/C16H18BrNOS/c1-3-20-16-7-5-4-6-15(16)18-11-12-10-13(19-2)8-9-14(12)17/h4-10,18H,3,11H2,1-2H3. The number of hydrogen-bond donors (Lipinski definition) is 1. The molecule has 0 aliphatic carbocycles. The van der Waals surface area contributed by atoms with Crippen LogP contribution in [0.1, 0.15) is 12.5 Å². The molecule has 0 radical (unpaired) electrons. The fourth-order valence-electron chi connectivity index (χ4n) is 1.90. The number of anilines is 1. The van der Waals surface area contributed by atoms with E-state index in [1.54, 1.807) is 7.11 Å². The van der Waals surface area contributed by atoms with Crippen molar-refractivity contribution in [3.8, 4) is 5.75 Å². The van der Waals surface area contributed by atoms with Crippen molar-refractivity contribution in [3.63, 3.8) is 0 Å². The van der Waals surface area contributed by atoms with E-state index in [1.807, 2.05) is 30.0 Å². The smallest absolute Gasteiger partial charge is 0.119 e. The van der Waals surface area contributed by atoms with E-state index >= 15 is 0 Å². The van der Waals surface area contributed by atoms with Gasteiger partial charge in [0.05, 0.1) is 7.11 Å². The summed E-state index contributed by atoms with van der Waals surface area (Å²) >= 11 is 5.43. The Labute approximate surface area is 133 Å². The van der Waals surface area contributed by atoms with Crippen molar-refractivity contribution in [3.05, 3.63) is 52.5 Å². The molecule has 0 unspecified atom stereocenters. The van der Waals surface area contributed by atoms with Crippen LogP contribution in [0.2, 0.25) is 0 Å². The maximum absolute atomic E-state index is 5.27. The summed E-state index contributed by atoms with van der Waals surface area (Å²) in [4.78, 5) is 1.29. The molecule has 0 bridgehead atoms. The van der Waals surface area contributed by atoms with Crippen molar-refractivity contribution in [2.75, 3.05) is 18.2 Å². The number of para-hydroxylation sites is 1. The van der Waals surface area contributed by atoms with Gasteiger partial charge in [-0.25, -0.2) is 0 Å². The van der Waals surface area contributed by atoms with Crippen LogP contribution in [0.4, 0.5) is 5.69 Å². The first-order valence-corrected chi connectivity index (χ1v) is 8.30. The van der Waals surface area contributed by atoms with Crippen LogP contribution in [-0.4, -0.2) is 12.9 Å². The van der Waals surface area contributed by atoms with Crippen molar-refractivity contribution in [1.82, 2.24) is 0 Å². The highest BCUT2D eigenvalue weighted by Crippen LogP contribution is 2.28. The maximum atomic E-state index is 5.27. The van der Waals surface area contributed by atoms with Crippen LogP contribution in [0.25, 0.3) is 0 Å². The largest absolute Gasteiger partial charge is 0.497 e. The quantitative estimate of drug-likeness (QED) is 0.724. The molecule has 0 spiro atoms. The second-order valence-corrected chi connectivity index (χ2v) is 6.40. The summed E-state index contributed by atoms with van der Waals surface area (Å²) < 4.78 is 6.36. The number of hydrogen-bond acceptors (Lipinski definition) is 3.